The highest BCUT2D eigenvalue weighted by Gasteiger charge is 2.23. The van der Waals surface area contributed by atoms with Crippen LogP contribution in [0.2, 0.25) is 0 Å². The molecule has 2 N–H and O–H groups in total. The van der Waals surface area contributed by atoms with Crippen molar-refractivity contribution in [2.75, 3.05) is 12.3 Å². The molecule has 92 valence electrons. The van der Waals surface area contributed by atoms with Crippen molar-refractivity contribution in [3.05, 3.63) is 0 Å². The SMILES string of the molecule is CCCCC(CC)CS(=O)(=O)C(C)CN. The van der Waals surface area contributed by atoms with Crippen LogP contribution in [0.4, 0.5) is 0 Å². The fourth-order valence-electron chi connectivity index (χ4n) is 1.54. The van der Waals surface area contributed by atoms with Crippen LogP contribution in [0.25, 0.3) is 0 Å². The third-order valence-electron chi connectivity index (χ3n) is 2.96. The van der Waals surface area contributed by atoms with Gasteiger partial charge in [-0.15, -0.1) is 0 Å². The zero-order chi connectivity index (χ0) is 11.9. The van der Waals surface area contributed by atoms with E-state index in [0.29, 0.717) is 11.7 Å². The predicted octanol–water partition coefficient (Wildman–Crippen LogP) is 1.96. The Labute approximate surface area is 94.4 Å². The molecule has 0 spiro atoms. The average molecular weight is 235 g/mol. The van der Waals surface area contributed by atoms with Gasteiger partial charge in [-0.25, -0.2) is 8.42 Å². The smallest absolute Gasteiger partial charge is 0.154 e. The number of rotatable bonds is 8. The van der Waals surface area contributed by atoms with Gasteiger partial charge in [0.05, 0.1) is 11.0 Å². The van der Waals surface area contributed by atoms with E-state index < -0.39 is 15.1 Å². The lowest BCUT2D eigenvalue weighted by Gasteiger charge is -2.17. The summed E-state index contributed by atoms with van der Waals surface area (Å²) < 4.78 is 23.6. The minimum Gasteiger partial charge on any atom is -0.329 e. The quantitative estimate of drug-likeness (QED) is 0.699. The Morgan fingerprint density at radius 2 is 1.87 bits per heavy atom. The van der Waals surface area contributed by atoms with Crippen molar-refractivity contribution in [3.8, 4) is 0 Å². The summed E-state index contributed by atoms with van der Waals surface area (Å²) >= 11 is 0. The number of unbranched alkanes of at least 4 members (excludes halogenated alkanes) is 1. The van der Waals surface area contributed by atoms with E-state index in [0.717, 1.165) is 25.7 Å². The van der Waals surface area contributed by atoms with Crippen molar-refractivity contribution >= 4 is 9.84 Å². The van der Waals surface area contributed by atoms with Crippen LogP contribution in [-0.2, 0) is 9.84 Å². The van der Waals surface area contributed by atoms with Crippen molar-refractivity contribution in [1.82, 2.24) is 0 Å². The molecule has 2 unspecified atom stereocenters. The second kappa shape index (κ2) is 7.23. The van der Waals surface area contributed by atoms with Crippen LogP contribution in [0.3, 0.4) is 0 Å². The molecule has 3 nitrogen and oxygen atoms in total. The average Bonchev–Trinajstić information content (AvgIpc) is 2.22. The number of nitrogens with two attached hydrogens (primary N) is 1. The first kappa shape index (κ1) is 14.9. The minimum absolute atomic E-state index is 0.229. The lowest BCUT2D eigenvalue weighted by atomic mass is 10.0. The van der Waals surface area contributed by atoms with E-state index in [1.807, 2.05) is 0 Å². The normalized spacial score (nSPS) is 16.3. The highest BCUT2D eigenvalue weighted by Crippen LogP contribution is 2.17. The van der Waals surface area contributed by atoms with Gasteiger partial charge in [-0.05, 0) is 19.3 Å². The molecule has 15 heavy (non-hydrogen) atoms. The van der Waals surface area contributed by atoms with Gasteiger partial charge in [0.25, 0.3) is 0 Å². The fraction of sp³-hybridized carbons (Fsp3) is 1.00. The fourth-order valence-corrected chi connectivity index (χ4v) is 3.22. The molecule has 0 aliphatic rings. The molecule has 0 aliphatic carbocycles. The van der Waals surface area contributed by atoms with Crippen molar-refractivity contribution in [2.24, 2.45) is 11.7 Å². The molecule has 0 aromatic carbocycles. The van der Waals surface area contributed by atoms with Crippen LogP contribution in [0, 0.1) is 5.92 Å². The molecule has 0 rings (SSSR count). The molecular weight excluding hydrogens is 210 g/mol. The van der Waals surface area contributed by atoms with Crippen LogP contribution >= 0.6 is 0 Å². The lowest BCUT2D eigenvalue weighted by molar-refractivity contribution is 0.481. The Bertz CT molecular complexity index is 249. The Morgan fingerprint density at radius 3 is 2.27 bits per heavy atom. The van der Waals surface area contributed by atoms with Crippen LogP contribution in [0.1, 0.15) is 46.5 Å². The molecule has 0 aromatic heterocycles. The Balaban J connectivity index is 4.27. The Kier molecular flexibility index (Phi) is 7.18. The minimum atomic E-state index is -2.98. The highest BCUT2D eigenvalue weighted by molar-refractivity contribution is 7.92. The predicted molar refractivity (Wildman–Crippen MR) is 65.6 cm³/mol. The Morgan fingerprint density at radius 1 is 1.27 bits per heavy atom. The summed E-state index contributed by atoms with van der Waals surface area (Å²) in [4.78, 5) is 0. The highest BCUT2D eigenvalue weighted by atomic mass is 32.2. The number of hydrogen-bond donors (Lipinski definition) is 1. The van der Waals surface area contributed by atoms with Gasteiger partial charge in [0.1, 0.15) is 0 Å². The van der Waals surface area contributed by atoms with Gasteiger partial charge in [-0.1, -0.05) is 33.1 Å². The maximum Gasteiger partial charge on any atom is 0.154 e. The molecular formula is C11H25NO2S. The summed E-state index contributed by atoms with van der Waals surface area (Å²) in [7, 11) is -2.98. The van der Waals surface area contributed by atoms with E-state index in [4.69, 9.17) is 5.73 Å². The standard InChI is InChI=1S/C11H25NO2S/c1-4-6-7-11(5-2)9-15(13,14)10(3)8-12/h10-11H,4-9,12H2,1-3H3. The van der Waals surface area contributed by atoms with E-state index in [9.17, 15) is 8.42 Å². The van der Waals surface area contributed by atoms with Crippen molar-refractivity contribution in [1.29, 1.82) is 0 Å². The van der Waals surface area contributed by atoms with E-state index in [1.165, 1.54) is 0 Å². The zero-order valence-corrected chi connectivity index (χ0v) is 11.0. The second-order valence-corrected chi connectivity index (χ2v) is 6.76. The molecule has 0 bridgehead atoms. The van der Waals surface area contributed by atoms with E-state index in [1.54, 1.807) is 6.92 Å². The number of sulfone groups is 1. The van der Waals surface area contributed by atoms with Crippen molar-refractivity contribution in [2.45, 2.75) is 51.7 Å². The van der Waals surface area contributed by atoms with Gasteiger partial charge in [0.2, 0.25) is 0 Å². The molecule has 0 aliphatic heterocycles. The molecule has 0 heterocycles. The summed E-state index contributed by atoms with van der Waals surface area (Å²) in [5.41, 5.74) is 5.40. The van der Waals surface area contributed by atoms with Crippen LogP contribution < -0.4 is 5.73 Å². The third-order valence-corrected chi connectivity index (χ3v) is 5.31. The monoisotopic (exact) mass is 235 g/mol. The summed E-state index contributed by atoms with van der Waals surface area (Å²) in [6, 6.07) is 0. The molecule has 0 aromatic rings. The summed E-state index contributed by atoms with van der Waals surface area (Å²) in [5, 5.41) is -0.395. The van der Waals surface area contributed by atoms with Crippen molar-refractivity contribution < 1.29 is 8.42 Å². The maximum atomic E-state index is 11.8. The molecule has 4 heteroatoms. The lowest BCUT2D eigenvalue weighted by Crippen LogP contribution is -2.31. The molecule has 2 atom stereocenters. The Hall–Kier alpha value is -0.0900. The van der Waals surface area contributed by atoms with Gasteiger partial charge >= 0.3 is 0 Å². The molecule has 0 radical (unpaired) electrons. The molecule has 0 fully saturated rings. The zero-order valence-electron chi connectivity index (χ0n) is 10.2. The largest absolute Gasteiger partial charge is 0.329 e. The van der Waals surface area contributed by atoms with Gasteiger partial charge in [-0.2, -0.15) is 0 Å². The molecule has 0 amide bonds. The second-order valence-electron chi connectivity index (χ2n) is 4.29. The topological polar surface area (TPSA) is 60.2 Å². The van der Waals surface area contributed by atoms with Gasteiger partial charge < -0.3 is 5.73 Å². The van der Waals surface area contributed by atoms with Crippen LogP contribution in [0.5, 0.6) is 0 Å². The summed E-state index contributed by atoms with van der Waals surface area (Å²) in [6.07, 6.45) is 4.20. The van der Waals surface area contributed by atoms with E-state index in [-0.39, 0.29) is 6.54 Å². The molecule has 0 saturated heterocycles. The van der Waals surface area contributed by atoms with Crippen molar-refractivity contribution in [3.63, 3.8) is 0 Å². The van der Waals surface area contributed by atoms with Gasteiger partial charge in [-0.3, -0.25) is 0 Å². The van der Waals surface area contributed by atoms with Crippen LogP contribution in [0.15, 0.2) is 0 Å². The van der Waals surface area contributed by atoms with E-state index in [2.05, 4.69) is 13.8 Å². The summed E-state index contributed by atoms with van der Waals surface area (Å²) in [5.74, 6) is 0.617. The summed E-state index contributed by atoms with van der Waals surface area (Å²) in [6.45, 7) is 6.11. The van der Waals surface area contributed by atoms with Crippen LogP contribution in [-0.4, -0.2) is 26.0 Å². The first-order valence-electron chi connectivity index (χ1n) is 5.89. The third kappa shape index (κ3) is 5.52. The number of hydrogen-bond acceptors (Lipinski definition) is 3. The first-order chi connectivity index (χ1) is 6.97. The van der Waals surface area contributed by atoms with Gasteiger partial charge in [0.15, 0.2) is 9.84 Å². The van der Waals surface area contributed by atoms with Gasteiger partial charge in [0, 0.05) is 6.54 Å². The molecule has 0 saturated carbocycles. The maximum absolute atomic E-state index is 11.8. The van der Waals surface area contributed by atoms with E-state index >= 15 is 0 Å². The first-order valence-corrected chi connectivity index (χ1v) is 7.61.